The number of hydrogen-bond donors (Lipinski definition) is 2. The van der Waals surface area contributed by atoms with Gasteiger partial charge < -0.3 is 9.94 Å². The maximum Gasteiger partial charge on any atom is 0.416 e. The summed E-state index contributed by atoms with van der Waals surface area (Å²) >= 11 is 0. The summed E-state index contributed by atoms with van der Waals surface area (Å²) in [7, 11) is 0. The summed E-state index contributed by atoms with van der Waals surface area (Å²) in [4.78, 5) is 0. The molecule has 0 fully saturated rings. The van der Waals surface area contributed by atoms with Gasteiger partial charge in [-0.3, -0.25) is 0 Å². The van der Waals surface area contributed by atoms with Crippen molar-refractivity contribution in [1.29, 1.82) is 0 Å². The zero-order valence-corrected chi connectivity index (χ0v) is 15.7. The molecule has 0 saturated carbocycles. The monoisotopic (exact) mass is 429 g/mol. The molecule has 30 heavy (non-hydrogen) atoms. The van der Waals surface area contributed by atoms with Gasteiger partial charge in [0.2, 0.25) is 0 Å². The van der Waals surface area contributed by atoms with Crippen LogP contribution in [0.2, 0.25) is 0 Å². The number of hydrogen-bond acceptors (Lipinski definition) is 3. The van der Waals surface area contributed by atoms with Gasteiger partial charge in [0.05, 0.1) is 11.1 Å². The Morgan fingerprint density at radius 3 is 2.23 bits per heavy atom. The van der Waals surface area contributed by atoms with Gasteiger partial charge >= 0.3 is 12.4 Å². The molecule has 2 aromatic carbocycles. The SMILES string of the molecule is C/C(=C\CNO)c1cccc(OCC#Cc2cc(C(F)(F)F)cc(C(F)(F)F)c2)c1. The summed E-state index contributed by atoms with van der Waals surface area (Å²) in [6.07, 6.45) is -8.11. The van der Waals surface area contributed by atoms with Gasteiger partial charge in [0.1, 0.15) is 12.4 Å². The first-order chi connectivity index (χ1) is 14.0. The van der Waals surface area contributed by atoms with Crippen molar-refractivity contribution in [3.8, 4) is 17.6 Å². The van der Waals surface area contributed by atoms with E-state index >= 15 is 0 Å². The third-order valence-corrected chi connectivity index (χ3v) is 3.92. The fourth-order valence-corrected chi connectivity index (χ4v) is 2.43. The molecule has 0 aromatic heterocycles. The van der Waals surface area contributed by atoms with E-state index < -0.39 is 29.0 Å². The largest absolute Gasteiger partial charge is 0.481 e. The van der Waals surface area contributed by atoms with Gasteiger partial charge in [-0.2, -0.15) is 26.3 Å². The third-order valence-electron chi connectivity index (χ3n) is 3.92. The Morgan fingerprint density at radius 2 is 1.67 bits per heavy atom. The summed E-state index contributed by atoms with van der Waals surface area (Å²) in [5, 5.41) is 8.62. The van der Waals surface area contributed by atoms with E-state index in [1.54, 1.807) is 24.3 Å². The van der Waals surface area contributed by atoms with Crippen molar-refractivity contribution in [2.24, 2.45) is 0 Å². The van der Waals surface area contributed by atoms with Crippen molar-refractivity contribution >= 4 is 5.57 Å². The lowest BCUT2D eigenvalue weighted by atomic mass is 10.0. The molecular weight excluding hydrogens is 412 g/mol. The first-order valence-corrected chi connectivity index (χ1v) is 8.56. The molecule has 160 valence electrons. The minimum atomic E-state index is -4.93. The minimum absolute atomic E-state index is 0.0509. The van der Waals surface area contributed by atoms with Crippen LogP contribution in [0.15, 0.2) is 48.5 Å². The summed E-state index contributed by atoms with van der Waals surface area (Å²) in [5.41, 5.74) is 0.412. The third kappa shape index (κ3) is 6.83. The number of ether oxygens (including phenoxy) is 1. The number of allylic oxidation sites excluding steroid dienone is 1. The Balaban J connectivity index is 2.16. The highest BCUT2D eigenvalue weighted by Gasteiger charge is 2.36. The van der Waals surface area contributed by atoms with Crippen LogP contribution < -0.4 is 10.2 Å². The van der Waals surface area contributed by atoms with Crippen molar-refractivity contribution in [3.05, 3.63) is 70.8 Å². The van der Waals surface area contributed by atoms with E-state index in [0.717, 1.165) is 11.1 Å². The maximum absolute atomic E-state index is 12.9. The number of nitrogens with one attached hydrogen (secondary N) is 1. The minimum Gasteiger partial charge on any atom is -0.481 e. The normalized spacial score (nSPS) is 12.3. The Morgan fingerprint density at radius 1 is 1.03 bits per heavy atom. The van der Waals surface area contributed by atoms with Crippen LogP contribution in [0.4, 0.5) is 26.3 Å². The Labute approximate surface area is 168 Å². The van der Waals surface area contributed by atoms with Crippen molar-refractivity contribution < 1.29 is 36.3 Å². The van der Waals surface area contributed by atoms with Gasteiger partial charge in [0.15, 0.2) is 0 Å². The summed E-state index contributed by atoms with van der Waals surface area (Å²) in [5.74, 6) is 5.13. The predicted molar refractivity (Wildman–Crippen MR) is 98.7 cm³/mol. The Kier molecular flexibility index (Phi) is 7.54. The second-order valence-electron chi connectivity index (χ2n) is 6.16. The number of benzene rings is 2. The van der Waals surface area contributed by atoms with Crippen molar-refractivity contribution in [2.45, 2.75) is 19.3 Å². The topological polar surface area (TPSA) is 41.5 Å². The lowest BCUT2D eigenvalue weighted by Gasteiger charge is -2.12. The van der Waals surface area contributed by atoms with E-state index in [1.807, 2.05) is 18.5 Å². The van der Waals surface area contributed by atoms with Gasteiger partial charge in [-0.1, -0.05) is 30.0 Å². The zero-order valence-electron chi connectivity index (χ0n) is 15.7. The van der Waals surface area contributed by atoms with Crippen LogP contribution in [-0.2, 0) is 12.4 Å². The van der Waals surface area contributed by atoms with Crippen LogP contribution in [0.1, 0.15) is 29.2 Å². The van der Waals surface area contributed by atoms with Crippen LogP contribution in [-0.4, -0.2) is 18.4 Å². The van der Waals surface area contributed by atoms with Crippen LogP contribution >= 0.6 is 0 Å². The van der Waals surface area contributed by atoms with E-state index in [4.69, 9.17) is 9.94 Å². The van der Waals surface area contributed by atoms with Crippen LogP contribution in [0.25, 0.3) is 5.57 Å². The molecule has 0 saturated heterocycles. The smallest absolute Gasteiger partial charge is 0.416 e. The van der Waals surface area contributed by atoms with E-state index in [-0.39, 0.29) is 19.2 Å². The lowest BCUT2D eigenvalue weighted by Crippen LogP contribution is -2.11. The van der Waals surface area contributed by atoms with Crippen LogP contribution in [0.3, 0.4) is 0 Å². The quantitative estimate of drug-likeness (QED) is 0.373. The van der Waals surface area contributed by atoms with Crippen molar-refractivity contribution in [2.75, 3.05) is 13.2 Å². The first kappa shape index (κ1) is 23.3. The van der Waals surface area contributed by atoms with E-state index in [1.165, 1.54) is 0 Å². The molecule has 9 heteroatoms. The number of rotatable bonds is 5. The highest BCUT2D eigenvalue weighted by molar-refractivity contribution is 5.65. The molecule has 2 rings (SSSR count). The number of halogens is 6. The predicted octanol–water partition coefficient (Wildman–Crippen LogP) is 5.54. The molecule has 2 aromatic rings. The van der Waals surface area contributed by atoms with Crippen molar-refractivity contribution in [1.82, 2.24) is 5.48 Å². The molecule has 0 aliphatic rings. The van der Waals surface area contributed by atoms with E-state index in [2.05, 4.69) is 11.8 Å². The fourth-order valence-electron chi connectivity index (χ4n) is 2.43. The van der Waals surface area contributed by atoms with Gasteiger partial charge in [-0.15, -0.1) is 0 Å². The molecule has 0 radical (unpaired) electrons. The Bertz CT molecular complexity index is 936. The zero-order chi connectivity index (χ0) is 22.4. The van der Waals surface area contributed by atoms with Gasteiger partial charge in [-0.25, -0.2) is 5.48 Å². The summed E-state index contributed by atoms with van der Waals surface area (Å²) in [6, 6.07) is 8.02. The average molecular weight is 429 g/mol. The summed E-state index contributed by atoms with van der Waals surface area (Å²) in [6.45, 7) is 1.84. The highest BCUT2D eigenvalue weighted by Crippen LogP contribution is 2.36. The van der Waals surface area contributed by atoms with Crippen LogP contribution in [0.5, 0.6) is 5.75 Å². The first-order valence-electron chi connectivity index (χ1n) is 8.56. The molecule has 0 amide bonds. The molecule has 0 heterocycles. The molecule has 0 unspecified atom stereocenters. The Hall–Kier alpha value is -2.96. The van der Waals surface area contributed by atoms with Crippen molar-refractivity contribution in [3.63, 3.8) is 0 Å². The second kappa shape index (κ2) is 9.69. The number of alkyl halides is 6. The number of hydroxylamine groups is 1. The standard InChI is InChI=1S/C21H17F6NO2/c1-14(7-8-28-29)16-5-2-6-19(12-16)30-9-3-4-15-10-17(20(22,23)24)13-18(11-15)21(25,26)27/h2,5-7,10-13,28-29H,8-9H2,1H3/b14-7+. The van der Waals surface area contributed by atoms with Gasteiger partial charge in [-0.05, 0) is 48.4 Å². The van der Waals surface area contributed by atoms with Gasteiger partial charge in [0.25, 0.3) is 0 Å². The molecule has 0 spiro atoms. The van der Waals surface area contributed by atoms with Gasteiger partial charge in [0, 0.05) is 12.1 Å². The molecule has 0 aliphatic carbocycles. The maximum atomic E-state index is 12.9. The fraction of sp³-hybridized carbons (Fsp3) is 0.238. The van der Waals surface area contributed by atoms with E-state index in [9.17, 15) is 26.3 Å². The average Bonchev–Trinajstić information content (AvgIpc) is 2.68. The van der Waals surface area contributed by atoms with E-state index in [0.29, 0.717) is 17.9 Å². The lowest BCUT2D eigenvalue weighted by molar-refractivity contribution is -0.143. The van der Waals surface area contributed by atoms with Crippen LogP contribution in [0, 0.1) is 11.8 Å². The molecule has 0 bridgehead atoms. The molecular formula is C21H17F6NO2. The summed E-state index contributed by atoms with van der Waals surface area (Å²) < 4.78 is 82.6. The molecule has 3 nitrogen and oxygen atoms in total. The second-order valence-corrected chi connectivity index (χ2v) is 6.16. The molecule has 0 aliphatic heterocycles. The molecule has 0 atom stereocenters. The molecule has 2 N–H and O–H groups in total. The highest BCUT2D eigenvalue weighted by atomic mass is 19.4.